The molecule has 3 aliphatic rings. The molecule has 4 rings (SSSR count). The van der Waals surface area contributed by atoms with Crippen molar-refractivity contribution in [1.29, 1.82) is 0 Å². The Hall–Kier alpha value is -1.39. The van der Waals surface area contributed by atoms with E-state index in [0.717, 1.165) is 19.4 Å². The van der Waals surface area contributed by atoms with E-state index in [9.17, 15) is 4.79 Å². The average molecular weight is 384 g/mol. The lowest BCUT2D eigenvalue weighted by Crippen LogP contribution is -2.49. The molecular formula is C24H37N3O. The van der Waals surface area contributed by atoms with Gasteiger partial charge in [0, 0.05) is 25.0 Å². The Morgan fingerprint density at radius 2 is 1.61 bits per heavy atom. The summed E-state index contributed by atoms with van der Waals surface area (Å²) >= 11 is 0. The summed E-state index contributed by atoms with van der Waals surface area (Å²) in [6.07, 6.45) is 11.0. The first kappa shape index (κ1) is 19.9. The van der Waals surface area contributed by atoms with Gasteiger partial charge in [-0.1, -0.05) is 43.5 Å². The molecule has 3 fully saturated rings. The summed E-state index contributed by atoms with van der Waals surface area (Å²) in [5.74, 6) is 1.51. The first-order valence-electron chi connectivity index (χ1n) is 11.5. The fourth-order valence-electron chi connectivity index (χ4n) is 5.75. The molecule has 2 atom stereocenters. The van der Waals surface area contributed by atoms with Crippen LogP contribution in [0.5, 0.6) is 0 Å². The Kier molecular flexibility index (Phi) is 6.69. The van der Waals surface area contributed by atoms with Crippen LogP contribution in [0.25, 0.3) is 0 Å². The zero-order valence-electron chi connectivity index (χ0n) is 17.2. The molecule has 0 radical (unpaired) electrons. The molecule has 1 aliphatic heterocycles. The Morgan fingerprint density at radius 1 is 0.964 bits per heavy atom. The van der Waals surface area contributed by atoms with Gasteiger partial charge in [0.2, 0.25) is 5.91 Å². The number of hydrogen-bond acceptors (Lipinski definition) is 3. The number of carbonyl (C=O) groups is 1. The van der Waals surface area contributed by atoms with E-state index in [4.69, 9.17) is 5.73 Å². The lowest BCUT2D eigenvalue weighted by molar-refractivity contribution is -0.128. The monoisotopic (exact) mass is 383 g/mol. The van der Waals surface area contributed by atoms with Crippen molar-refractivity contribution >= 4 is 5.91 Å². The molecule has 1 amide bonds. The third-order valence-electron chi connectivity index (χ3n) is 7.45. The minimum atomic E-state index is 0.160. The number of hydrogen-bond donors (Lipinski definition) is 2. The number of carbonyl (C=O) groups excluding carboxylic acids is 1. The molecular weight excluding hydrogens is 346 g/mol. The fraction of sp³-hybridized carbons (Fsp3) is 0.708. The van der Waals surface area contributed by atoms with Gasteiger partial charge >= 0.3 is 0 Å². The molecule has 2 saturated carbocycles. The van der Waals surface area contributed by atoms with Gasteiger partial charge in [-0.05, 0) is 74.6 Å². The van der Waals surface area contributed by atoms with Crippen LogP contribution in [0.2, 0.25) is 0 Å². The number of amides is 1. The molecule has 2 unspecified atom stereocenters. The molecule has 0 aromatic heterocycles. The van der Waals surface area contributed by atoms with E-state index < -0.39 is 0 Å². The van der Waals surface area contributed by atoms with Crippen LogP contribution >= 0.6 is 0 Å². The maximum Gasteiger partial charge on any atom is 0.223 e. The van der Waals surface area contributed by atoms with E-state index >= 15 is 0 Å². The highest BCUT2D eigenvalue weighted by Crippen LogP contribution is 2.41. The van der Waals surface area contributed by atoms with Crippen LogP contribution < -0.4 is 11.1 Å². The van der Waals surface area contributed by atoms with Gasteiger partial charge in [-0.2, -0.15) is 0 Å². The van der Waals surface area contributed by atoms with Crippen molar-refractivity contribution < 1.29 is 4.79 Å². The highest BCUT2D eigenvalue weighted by atomic mass is 16.1. The average Bonchev–Trinajstić information content (AvgIpc) is 2.95. The minimum Gasteiger partial charge on any atom is -0.352 e. The van der Waals surface area contributed by atoms with E-state index in [-0.39, 0.29) is 11.8 Å². The number of nitrogens with two attached hydrogens (primary N) is 1. The van der Waals surface area contributed by atoms with Crippen LogP contribution in [0.1, 0.15) is 68.9 Å². The van der Waals surface area contributed by atoms with Gasteiger partial charge in [0.25, 0.3) is 0 Å². The highest BCUT2D eigenvalue weighted by molar-refractivity contribution is 5.78. The summed E-state index contributed by atoms with van der Waals surface area (Å²) in [5, 5.41) is 3.26. The van der Waals surface area contributed by atoms with Gasteiger partial charge < -0.3 is 11.1 Å². The molecule has 154 valence electrons. The smallest absolute Gasteiger partial charge is 0.223 e. The van der Waals surface area contributed by atoms with E-state index in [1.165, 1.54) is 69.2 Å². The second kappa shape index (κ2) is 9.41. The summed E-state index contributed by atoms with van der Waals surface area (Å²) in [5.41, 5.74) is 9.03. The first-order valence-corrected chi connectivity index (χ1v) is 11.5. The topological polar surface area (TPSA) is 58.4 Å². The number of likely N-dealkylation sites (tertiary alicyclic amines) is 1. The summed E-state index contributed by atoms with van der Waals surface area (Å²) in [7, 11) is 0. The van der Waals surface area contributed by atoms with E-state index in [2.05, 4.69) is 34.5 Å². The lowest BCUT2D eigenvalue weighted by atomic mass is 9.65. The Balaban J connectivity index is 1.34. The van der Waals surface area contributed by atoms with Gasteiger partial charge in [-0.3, -0.25) is 9.69 Å². The first-order chi connectivity index (χ1) is 13.7. The Morgan fingerprint density at radius 3 is 2.29 bits per heavy atom. The van der Waals surface area contributed by atoms with Crippen LogP contribution in [0.4, 0.5) is 0 Å². The van der Waals surface area contributed by atoms with Gasteiger partial charge in [0.15, 0.2) is 0 Å². The fourth-order valence-corrected chi connectivity index (χ4v) is 5.75. The van der Waals surface area contributed by atoms with Gasteiger partial charge in [0.1, 0.15) is 0 Å². The van der Waals surface area contributed by atoms with Gasteiger partial charge in [0.05, 0.1) is 0 Å². The maximum atomic E-state index is 12.9. The van der Waals surface area contributed by atoms with Crippen molar-refractivity contribution in [2.24, 2.45) is 23.5 Å². The Labute approximate surface area is 170 Å². The van der Waals surface area contributed by atoms with Crippen molar-refractivity contribution in [3.05, 3.63) is 35.4 Å². The van der Waals surface area contributed by atoms with E-state index in [1.807, 2.05) is 0 Å². The molecule has 2 aliphatic carbocycles. The summed E-state index contributed by atoms with van der Waals surface area (Å²) in [6.45, 7) is 4.06. The molecule has 1 saturated heterocycles. The van der Waals surface area contributed by atoms with Crippen LogP contribution in [-0.4, -0.2) is 29.9 Å². The highest BCUT2D eigenvalue weighted by Gasteiger charge is 2.40. The van der Waals surface area contributed by atoms with Crippen LogP contribution in [0, 0.1) is 17.8 Å². The van der Waals surface area contributed by atoms with Gasteiger partial charge in [-0.15, -0.1) is 0 Å². The molecule has 1 heterocycles. The molecule has 4 nitrogen and oxygen atoms in total. The van der Waals surface area contributed by atoms with Crippen LogP contribution in [0.3, 0.4) is 0 Å². The molecule has 2 bridgehead atoms. The molecule has 4 heteroatoms. The van der Waals surface area contributed by atoms with Crippen LogP contribution in [-0.2, 0) is 17.9 Å². The number of fused-ring (bicyclic) bond motifs is 2. The molecule has 28 heavy (non-hydrogen) atoms. The second-order valence-corrected chi connectivity index (χ2v) is 9.37. The van der Waals surface area contributed by atoms with Crippen molar-refractivity contribution in [3.63, 3.8) is 0 Å². The largest absolute Gasteiger partial charge is 0.352 e. The van der Waals surface area contributed by atoms with E-state index in [0.29, 0.717) is 24.4 Å². The summed E-state index contributed by atoms with van der Waals surface area (Å²) in [6, 6.07) is 8.96. The van der Waals surface area contributed by atoms with Crippen molar-refractivity contribution in [2.45, 2.75) is 76.9 Å². The predicted molar refractivity (Wildman–Crippen MR) is 114 cm³/mol. The zero-order chi connectivity index (χ0) is 19.3. The second-order valence-electron chi connectivity index (χ2n) is 9.37. The normalized spacial score (nSPS) is 31.2. The Bertz CT molecular complexity index is 639. The van der Waals surface area contributed by atoms with E-state index in [1.54, 1.807) is 0 Å². The standard InChI is InChI=1S/C24H37N3O/c25-23-18-10-7-11-19(23)15-22(14-18)24(28)26-16-20-8-3-4-9-21(20)17-27-12-5-1-2-6-13-27/h3-4,8-9,18-19,22-23H,1-2,5-7,10-17,25H2,(H,26,28). The van der Waals surface area contributed by atoms with Crippen molar-refractivity contribution in [1.82, 2.24) is 10.2 Å². The third-order valence-corrected chi connectivity index (χ3v) is 7.45. The molecule has 3 N–H and O–H groups in total. The number of benzene rings is 1. The number of nitrogens with one attached hydrogen (secondary N) is 1. The third kappa shape index (κ3) is 4.77. The summed E-state index contributed by atoms with van der Waals surface area (Å²) < 4.78 is 0. The SMILES string of the molecule is NC1C2CCCC1CC(C(=O)NCc1ccccc1CN1CCCCCC1)C2. The maximum absolute atomic E-state index is 12.9. The quantitative estimate of drug-likeness (QED) is 0.812. The lowest BCUT2D eigenvalue weighted by Gasteiger charge is -2.43. The van der Waals surface area contributed by atoms with Crippen molar-refractivity contribution in [3.8, 4) is 0 Å². The number of rotatable bonds is 5. The van der Waals surface area contributed by atoms with Crippen molar-refractivity contribution in [2.75, 3.05) is 13.1 Å². The minimum absolute atomic E-state index is 0.160. The zero-order valence-corrected chi connectivity index (χ0v) is 17.2. The predicted octanol–water partition coefficient (Wildman–Crippen LogP) is 3.83. The molecule has 0 spiro atoms. The summed E-state index contributed by atoms with van der Waals surface area (Å²) in [4.78, 5) is 15.5. The molecule has 1 aromatic carbocycles. The van der Waals surface area contributed by atoms with Crippen LogP contribution in [0.15, 0.2) is 24.3 Å². The number of nitrogens with zero attached hydrogens (tertiary/aromatic N) is 1. The van der Waals surface area contributed by atoms with Gasteiger partial charge in [-0.25, -0.2) is 0 Å². The molecule has 1 aromatic rings.